The SMILES string of the molecule is CCOCCN(C)CCC(N)c1ccc(F)cn1. The minimum atomic E-state index is -0.334. The van der Waals surface area contributed by atoms with Gasteiger partial charge in [0.15, 0.2) is 0 Å². The molecule has 18 heavy (non-hydrogen) atoms. The quantitative estimate of drug-likeness (QED) is 0.717. The number of aromatic nitrogens is 1. The summed E-state index contributed by atoms with van der Waals surface area (Å²) in [6.07, 6.45) is 2.00. The fourth-order valence-corrected chi connectivity index (χ4v) is 1.59. The van der Waals surface area contributed by atoms with Crippen LogP contribution in [0, 0.1) is 5.82 Å². The van der Waals surface area contributed by atoms with Gasteiger partial charge >= 0.3 is 0 Å². The molecule has 0 aliphatic rings. The lowest BCUT2D eigenvalue weighted by Crippen LogP contribution is -2.27. The van der Waals surface area contributed by atoms with Gasteiger partial charge in [-0.25, -0.2) is 4.39 Å². The molecule has 5 heteroatoms. The van der Waals surface area contributed by atoms with E-state index in [2.05, 4.69) is 9.88 Å². The minimum absolute atomic E-state index is 0.153. The number of hydrogen-bond acceptors (Lipinski definition) is 4. The molecule has 0 spiro atoms. The molecule has 2 N–H and O–H groups in total. The molecule has 1 atom stereocenters. The van der Waals surface area contributed by atoms with Gasteiger partial charge < -0.3 is 15.4 Å². The second kappa shape index (κ2) is 8.13. The van der Waals surface area contributed by atoms with Gasteiger partial charge in [0.1, 0.15) is 5.82 Å². The standard InChI is InChI=1S/C13H22FN3O/c1-3-18-9-8-17(2)7-6-12(15)13-5-4-11(14)10-16-13/h4-5,10,12H,3,6-9,15H2,1-2H3. The summed E-state index contributed by atoms with van der Waals surface area (Å²) in [4.78, 5) is 6.15. The van der Waals surface area contributed by atoms with Crippen molar-refractivity contribution in [1.29, 1.82) is 0 Å². The molecule has 0 amide bonds. The maximum Gasteiger partial charge on any atom is 0.141 e. The molecule has 1 heterocycles. The Morgan fingerprint density at radius 1 is 1.44 bits per heavy atom. The van der Waals surface area contributed by atoms with Crippen molar-refractivity contribution >= 4 is 0 Å². The topological polar surface area (TPSA) is 51.4 Å². The van der Waals surface area contributed by atoms with Crippen molar-refractivity contribution in [1.82, 2.24) is 9.88 Å². The first-order valence-corrected chi connectivity index (χ1v) is 6.26. The van der Waals surface area contributed by atoms with Crippen LogP contribution >= 0.6 is 0 Å². The zero-order valence-electron chi connectivity index (χ0n) is 11.1. The largest absolute Gasteiger partial charge is 0.380 e. The lowest BCUT2D eigenvalue weighted by molar-refractivity contribution is 0.121. The van der Waals surface area contributed by atoms with Gasteiger partial charge in [0.05, 0.1) is 18.5 Å². The Morgan fingerprint density at radius 2 is 2.22 bits per heavy atom. The molecule has 0 radical (unpaired) electrons. The molecule has 0 bridgehead atoms. The highest BCUT2D eigenvalue weighted by Crippen LogP contribution is 2.11. The Hall–Kier alpha value is -1.04. The average molecular weight is 255 g/mol. The number of rotatable bonds is 8. The Balaban J connectivity index is 2.27. The van der Waals surface area contributed by atoms with Gasteiger partial charge in [-0.05, 0) is 39.1 Å². The minimum Gasteiger partial charge on any atom is -0.380 e. The van der Waals surface area contributed by atoms with Gasteiger partial charge in [0.2, 0.25) is 0 Å². The van der Waals surface area contributed by atoms with Crippen molar-refractivity contribution in [3.63, 3.8) is 0 Å². The van der Waals surface area contributed by atoms with Crippen LogP contribution in [0.1, 0.15) is 25.1 Å². The number of halogens is 1. The van der Waals surface area contributed by atoms with Crippen LogP contribution in [0.3, 0.4) is 0 Å². The fourth-order valence-electron chi connectivity index (χ4n) is 1.59. The lowest BCUT2D eigenvalue weighted by Gasteiger charge is -2.18. The predicted molar refractivity (Wildman–Crippen MR) is 69.7 cm³/mol. The first kappa shape index (κ1) is 15.0. The summed E-state index contributed by atoms with van der Waals surface area (Å²) in [5.41, 5.74) is 6.74. The summed E-state index contributed by atoms with van der Waals surface area (Å²) in [5, 5.41) is 0. The van der Waals surface area contributed by atoms with Crippen molar-refractivity contribution in [3.8, 4) is 0 Å². The molecule has 0 saturated heterocycles. The summed E-state index contributed by atoms with van der Waals surface area (Å²) < 4.78 is 18.0. The molecule has 1 aromatic rings. The maximum atomic E-state index is 12.7. The molecule has 102 valence electrons. The first-order valence-electron chi connectivity index (χ1n) is 6.26. The van der Waals surface area contributed by atoms with Crippen molar-refractivity contribution in [2.45, 2.75) is 19.4 Å². The van der Waals surface area contributed by atoms with E-state index < -0.39 is 0 Å². The number of pyridine rings is 1. The van der Waals surface area contributed by atoms with E-state index in [1.54, 1.807) is 6.07 Å². The van der Waals surface area contributed by atoms with Crippen LogP contribution < -0.4 is 5.73 Å². The number of nitrogens with zero attached hydrogens (tertiary/aromatic N) is 2. The van der Waals surface area contributed by atoms with Gasteiger partial charge in [0, 0.05) is 19.2 Å². The van der Waals surface area contributed by atoms with Crippen LogP contribution in [0.15, 0.2) is 18.3 Å². The zero-order valence-corrected chi connectivity index (χ0v) is 11.1. The Morgan fingerprint density at radius 3 is 2.83 bits per heavy atom. The van der Waals surface area contributed by atoms with Crippen molar-refractivity contribution in [3.05, 3.63) is 29.8 Å². The number of ether oxygens (including phenoxy) is 1. The Labute approximate surface area is 108 Å². The highest BCUT2D eigenvalue weighted by atomic mass is 19.1. The molecule has 1 rings (SSSR count). The molecule has 0 saturated carbocycles. The van der Waals surface area contributed by atoms with Crippen LogP contribution in [0.5, 0.6) is 0 Å². The molecule has 1 unspecified atom stereocenters. The van der Waals surface area contributed by atoms with Crippen molar-refractivity contribution in [2.24, 2.45) is 5.73 Å². The molecule has 0 aliphatic carbocycles. The Bertz CT molecular complexity index is 332. The molecule has 1 aromatic heterocycles. The number of likely N-dealkylation sites (N-methyl/N-ethyl adjacent to an activating group) is 1. The van der Waals surface area contributed by atoms with E-state index in [1.807, 2.05) is 14.0 Å². The van der Waals surface area contributed by atoms with Crippen molar-refractivity contribution < 1.29 is 9.13 Å². The van der Waals surface area contributed by atoms with Gasteiger partial charge in [-0.3, -0.25) is 4.98 Å². The maximum absolute atomic E-state index is 12.7. The summed E-state index contributed by atoms with van der Waals surface area (Å²) >= 11 is 0. The third-order valence-corrected chi connectivity index (χ3v) is 2.77. The van der Waals surface area contributed by atoms with Crippen molar-refractivity contribution in [2.75, 3.05) is 33.4 Å². The third-order valence-electron chi connectivity index (χ3n) is 2.77. The van der Waals surface area contributed by atoms with E-state index >= 15 is 0 Å². The van der Waals surface area contributed by atoms with E-state index in [0.717, 1.165) is 38.4 Å². The highest BCUT2D eigenvalue weighted by molar-refractivity contribution is 5.09. The van der Waals surface area contributed by atoms with E-state index in [9.17, 15) is 4.39 Å². The predicted octanol–water partition coefficient (Wildman–Crippen LogP) is 1.58. The van der Waals surface area contributed by atoms with Gasteiger partial charge in [-0.2, -0.15) is 0 Å². The molecule has 0 aliphatic heterocycles. The first-order chi connectivity index (χ1) is 8.63. The number of hydrogen-bond donors (Lipinski definition) is 1. The monoisotopic (exact) mass is 255 g/mol. The van der Waals surface area contributed by atoms with Gasteiger partial charge in [0.25, 0.3) is 0 Å². The summed E-state index contributed by atoms with van der Waals surface area (Å²) in [6, 6.07) is 2.88. The van der Waals surface area contributed by atoms with Crippen LogP contribution in [-0.4, -0.2) is 43.2 Å². The summed E-state index contributed by atoms with van der Waals surface area (Å²) in [7, 11) is 2.03. The zero-order chi connectivity index (χ0) is 13.4. The Kier molecular flexibility index (Phi) is 6.78. The van der Waals surface area contributed by atoms with Crippen LogP contribution in [0.2, 0.25) is 0 Å². The number of nitrogens with two attached hydrogens (primary N) is 1. The third kappa shape index (κ3) is 5.53. The summed E-state index contributed by atoms with van der Waals surface area (Å²) in [5.74, 6) is -0.334. The van der Waals surface area contributed by atoms with Crippen LogP contribution in [-0.2, 0) is 4.74 Å². The van der Waals surface area contributed by atoms with Crippen LogP contribution in [0.4, 0.5) is 4.39 Å². The molecule has 0 fully saturated rings. The lowest BCUT2D eigenvalue weighted by atomic mass is 10.1. The summed E-state index contributed by atoms with van der Waals surface area (Å²) in [6.45, 7) is 5.21. The van der Waals surface area contributed by atoms with Gasteiger partial charge in [-0.15, -0.1) is 0 Å². The average Bonchev–Trinajstić information content (AvgIpc) is 2.37. The molecule has 0 aromatic carbocycles. The van der Waals surface area contributed by atoms with E-state index in [0.29, 0.717) is 0 Å². The second-order valence-corrected chi connectivity index (χ2v) is 4.30. The highest BCUT2D eigenvalue weighted by Gasteiger charge is 2.09. The smallest absolute Gasteiger partial charge is 0.141 e. The normalized spacial score (nSPS) is 12.9. The molecule has 4 nitrogen and oxygen atoms in total. The van der Waals surface area contributed by atoms with E-state index in [1.165, 1.54) is 12.3 Å². The van der Waals surface area contributed by atoms with E-state index in [4.69, 9.17) is 10.5 Å². The van der Waals surface area contributed by atoms with Gasteiger partial charge in [-0.1, -0.05) is 0 Å². The second-order valence-electron chi connectivity index (χ2n) is 4.30. The molecular formula is C13H22FN3O. The fraction of sp³-hybridized carbons (Fsp3) is 0.615. The molecular weight excluding hydrogens is 233 g/mol. The van der Waals surface area contributed by atoms with E-state index in [-0.39, 0.29) is 11.9 Å². The van der Waals surface area contributed by atoms with Crippen LogP contribution in [0.25, 0.3) is 0 Å².